The zero-order chi connectivity index (χ0) is 21.6. The van der Waals surface area contributed by atoms with E-state index in [2.05, 4.69) is 46.2 Å². The van der Waals surface area contributed by atoms with Crippen molar-refractivity contribution in [2.24, 2.45) is 0 Å². The fraction of sp³-hybridized carbons (Fsp3) is 0.462. The summed E-state index contributed by atoms with van der Waals surface area (Å²) >= 11 is 0. The first-order valence-corrected chi connectivity index (χ1v) is 11.5. The van der Waals surface area contributed by atoms with Gasteiger partial charge in [-0.15, -0.1) is 0 Å². The van der Waals surface area contributed by atoms with Crippen molar-refractivity contribution in [3.8, 4) is 6.07 Å². The number of nitriles is 1. The standard InChI is InChI=1S/C26H32N4O/c1-21-8-7-11-25(24(21)18-27)29-16-14-28(15-17-29)13-6-2-3-12-26(31)30-19-22-9-4-5-10-23(22)20-30/h4-5,7-11H,2-3,6,12-17,19-20H2,1H3. The van der Waals surface area contributed by atoms with Crippen molar-refractivity contribution in [2.75, 3.05) is 37.6 Å². The van der Waals surface area contributed by atoms with Gasteiger partial charge >= 0.3 is 0 Å². The maximum absolute atomic E-state index is 12.5. The minimum Gasteiger partial charge on any atom is -0.368 e. The number of carbonyl (C=O) groups is 1. The maximum atomic E-state index is 12.5. The number of carbonyl (C=O) groups excluding carboxylic acids is 1. The molecule has 0 unspecified atom stereocenters. The third-order valence-corrected chi connectivity index (χ3v) is 6.63. The van der Waals surface area contributed by atoms with E-state index in [-0.39, 0.29) is 5.91 Å². The van der Waals surface area contributed by atoms with E-state index in [1.807, 2.05) is 24.0 Å². The van der Waals surface area contributed by atoms with Gasteiger partial charge in [0.15, 0.2) is 0 Å². The van der Waals surface area contributed by atoms with Gasteiger partial charge in [0.2, 0.25) is 5.91 Å². The molecule has 1 fully saturated rings. The number of hydrogen-bond donors (Lipinski definition) is 0. The minimum absolute atomic E-state index is 0.288. The van der Waals surface area contributed by atoms with E-state index in [0.717, 1.165) is 81.9 Å². The highest BCUT2D eigenvalue weighted by atomic mass is 16.2. The van der Waals surface area contributed by atoms with Crippen molar-refractivity contribution in [2.45, 2.75) is 45.7 Å². The molecule has 2 aromatic carbocycles. The van der Waals surface area contributed by atoms with E-state index in [1.165, 1.54) is 11.1 Å². The lowest BCUT2D eigenvalue weighted by molar-refractivity contribution is -0.131. The number of anilines is 1. The Hall–Kier alpha value is -2.84. The molecule has 2 heterocycles. The summed E-state index contributed by atoms with van der Waals surface area (Å²) in [6, 6.07) is 16.8. The van der Waals surface area contributed by atoms with E-state index in [1.54, 1.807) is 0 Å². The van der Waals surface area contributed by atoms with Gasteiger partial charge in [0.05, 0.1) is 11.3 Å². The molecule has 2 aliphatic rings. The highest BCUT2D eigenvalue weighted by Gasteiger charge is 2.22. The summed E-state index contributed by atoms with van der Waals surface area (Å²) in [7, 11) is 0. The van der Waals surface area contributed by atoms with Gasteiger partial charge in [0.25, 0.3) is 0 Å². The van der Waals surface area contributed by atoms with Crippen LogP contribution in [-0.2, 0) is 17.9 Å². The van der Waals surface area contributed by atoms with Gasteiger partial charge in [-0.05, 0) is 49.1 Å². The second-order valence-electron chi connectivity index (χ2n) is 8.74. The number of nitrogens with zero attached hydrogens (tertiary/aromatic N) is 4. The number of aryl methyl sites for hydroxylation is 1. The molecule has 1 amide bonds. The first-order chi connectivity index (χ1) is 15.2. The first-order valence-electron chi connectivity index (χ1n) is 11.5. The molecule has 0 bridgehead atoms. The summed E-state index contributed by atoms with van der Waals surface area (Å²) < 4.78 is 0. The number of piperazine rings is 1. The Morgan fingerprint density at radius 3 is 2.32 bits per heavy atom. The predicted octanol–water partition coefficient (Wildman–Crippen LogP) is 4.09. The number of fused-ring (bicyclic) bond motifs is 1. The molecule has 31 heavy (non-hydrogen) atoms. The van der Waals surface area contributed by atoms with Crippen molar-refractivity contribution >= 4 is 11.6 Å². The zero-order valence-corrected chi connectivity index (χ0v) is 18.5. The van der Waals surface area contributed by atoms with E-state index >= 15 is 0 Å². The maximum Gasteiger partial charge on any atom is 0.223 e. The van der Waals surface area contributed by atoms with Gasteiger partial charge in [-0.3, -0.25) is 9.69 Å². The molecule has 0 saturated carbocycles. The summed E-state index contributed by atoms with van der Waals surface area (Å²) in [5, 5.41) is 9.49. The van der Waals surface area contributed by atoms with Crippen molar-refractivity contribution in [3.05, 3.63) is 64.7 Å². The van der Waals surface area contributed by atoms with Gasteiger partial charge in [-0.2, -0.15) is 5.26 Å². The summed E-state index contributed by atoms with van der Waals surface area (Å²) in [5.41, 5.74) is 5.52. The quantitative estimate of drug-likeness (QED) is 0.638. The molecular weight excluding hydrogens is 384 g/mol. The fourth-order valence-electron chi connectivity index (χ4n) is 4.73. The normalized spacial score (nSPS) is 16.3. The van der Waals surface area contributed by atoms with Crippen molar-refractivity contribution in [1.82, 2.24) is 9.80 Å². The van der Waals surface area contributed by atoms with Crippen LogP contribution in [0.4, 0.5) is 5.69 Å². The van der Waals surface area contributed by atoms with Gasteiger partial charge in [0, 0.05) is 45.7 Å². The van der Waals surface area contributed by atoms with Crippen LogP contribution in [0, 0.1) is 18.3 Å². The Balaban J connectivity index is 1.13. The van der Waals surface area contributed by atoms with Gasteiger partial charge in [-0.25, -0.2) is 0 Å². The second-order valence-corrected chi connectivity index (χ2v) is 8.74. The minimum atomic E-state index is 0.288. The highest BCUT2D eigenvalue weighted by Crippen LogP contribution is 2.25. The summed E-state index contributed by atoms with van der Waals surface area (Å²) in [5.74, 6) is 0.288. The lowest BCUT2D eigenvalue weighted by atomic mass is 10.1. The lowest BCUT2D eigenvalue weighted by Gasteiger charge is -2.36. The van der Waals surface area contributed by atoms with Gasteiger partial charge in [0.1, 0.15) is 6.07 Å². The molecule has 162 valence electrons. The number of hydrogen-bond acceptors (Lipinski definition) is 4. The Bertz CT molecular complexity index is 931. The molecule has 0 spiro atoms. The molecule has 0 aromatic heterocycles. The molecular formula is C26H32N4O. The summed E-state index contributed by atoms with van der Waals surface area (Å²) in [4.78, 5) is 19.4. The number of rotatable bonds is 7. The number of benzene rings is 2. The van der Waals surface area contributed by atoms with E-state index in [0.29, 0.717) is 6.42 Å². The average Bonchev–Trinajstić information content (AvgIpc) is 3.23. The van der Waals surface area contributed by atoms with Crippen LogP contribution in [0.2, 0.25) is 0 Å². The number of unbranched alkanes of at least 4 members (excludes halogenated alkanes) is 2. The van der Waals surface area contributed by atoms with Crippen LogP contribution < -0.4 is 4.90 Å². The van der Waals surface area contributed by atoms with Gasteiger partial charge in [-0.1, -0.05) is 42.8 Å². The summed E-state index contributed by atoms with van der Waals surface area (Å²) in [6.45, 7) is 8.63. The van der Waals surface area contributed by atoms with Crippen LogP contribution in [0.15, 0.2) is 42.5 Å². The topological polar surface area (TPSA) is 50.6 Å². The molecule has 1 saturated heterocycles. The molecule has 0 aliphatic carbocycles. The van der Waals surface area contributed by atoms with Crippen LogP contribution in [0.1, 0.15) is 47.9 Å². The molecule has 5 heteroatoms. The average molecular weight is 417 g/mol. The van der Waals surface area contributed by atoms with E-state index in [9.17, 15) is 10.1 Å². The fourth-order valence-corrected chi connectivity index (χ4v) is 4.73. The Kier molecular flexibility index (Phi) is 6.89. The highest BCUT2D eigenvalue weighted by molar-refractivity contribution is 5.76. The van der Waals surface area contributed by atoms with E-state index in [4.69, 9.17) is 0 Å². The first kappa shape index (κ1) is 21.4. The largest absolute Gasteiger partial charge is 0.368 e. The predicted molar refractivity (Wildman–Crippen MR) is 124 cm³/mol. The molecule has 0 atom stereocenters. The molecule has 4 rings (SSSR count). The molecule has 0 N–H and O–H groups in total. The van der Waals surface area contributed by atoms with Crippen LogP contribution in [0.5, 0.6) is 0 Å². The SMILES string of the molecule is Cc1cccc(N2CCN(CCCCCC(=O)N3Cc4ccccc4C3)CC2)c1C#N. The molecule has 2 aliphatic heterocycles. The third-order valence-electron chi connectivity index (χ3n) is 6.63. The monoisotopic (exact) mass is 416 g/mol. The van der Waals surface area contributed by atoms with Crippen molar-refractivity contribution in [3.63, 3.8) is 0 Å². The zero-order valence-electron chi connectivity index (χ0n) is 18.5. The molecule has 2 aromatic rings. The Labute approximate surface area is 185 Å². The lowest BCUT2D eigenvalue weighted by Crippen LogP contribution is -2.46. The Morgan fingerprint density at radius 1 is 0.935 bits per heavy atom. The van der Waals surface area contributed by atoms with E-state index < -0.39 is 0 Å². The Morgan fingerprint density at radius 2 is 1.65 bits per heavy atom. The molecule has 0 radical (unpaired) electrons. The smallest absolute Gasteiger partial charge is 0.223 e. The van der Waals surface area contributed by atoms with Crippen LogP contribution >= 0.6 is 0 Å². The van der Waals surface area contributed by atoms with Crippen LogP contribution in [0.25, 0.3) is 0 Å². The second kappa shape index (κ2) is 9.98. The number of amides is 1. The van der Waals surface area contributed by atoms with Gasteiger partial charge < -0.3 is 9.80 Å². The van der Waals surface area contributed by atoms with Crippen LogP contribution in [0.3, 0.4) is 0 Å². The van der Waals surface area contributed by atoms with Crippen molar-refractivity contribution in [1.29, 1.82) is 5.26 Å². The third kappa shape index (κ3) is 5.08. The summed E-state index contributed by atoms with van der Waals surface area (Å²) in [6.07, 6.45) is 3.87. The van der Waals surface area contributed by atoms with Crippen molar-refractivity contribution < 1.29 is 4.79 Å². The van der Waals surface area contributed by atoms with Crippen LogP contribution in [-0.4, -0.2) is 48.4 Å². The molecule has 5 nitrogen and oxygen atoms in total.